The number of aliphatic imine (C=N–C) groups is 1. The Balaban J connectivity index is 2.07. The summed E-state index contributed by atoms with van der Waals surface area (Å²) >= 11 is 7.18. The van der Waals surface area contributed by atoms with Gasteiger partial charge < -0.3 is 9.84 Å². The fourth-order valence-electron chi connectivity index (χ4n) is 1.59. The van der Waals surface area contributed by atoms with Crippen LogP contribution in [0.25, 0.3) is 0 Å². The molecule has 1 aliphatic heterocycles. The predicted molar refractivity (Wildman–Crippen MR) is 76.7 cm³/mol. The third kappa shape index (κ3) is 3.30. The van der Waals surface area contributed by atoms with Crippen molar-refractivity contribution in [3.8, 4) is 0 Å². The molecule has 0 aromatic heterocycles. The largest absolute Gasteiger partial charge is 0.508 e. The second kappa shape index (κ2) is 6.12. The maximum atomic E-state index is 11.5. The maximum absolute atomic E-state index is 11.5. The molecule has 0 amide bonds. The number of thioether (sulfide) groups is 1. The van der Waals surface area contributed by atoms with E-state index in [1.54, 1.807) is 19.2 Å². The van der Waals surface area contributed by atoms with E-state index in [4.69, 9.17) is 16.3 Å². The number of nitrogens with zero attached hydrogens (tertiary/aromatic N) is 1. The van der Waals surface area contributed by atoms with Crippen molar-refractivity contribution in [1.29, 1.82) is 0 Å². The van der Waals surface area contributed by atoms with Crippen molar-refractivity contribution >= 4 is 34.4 Å². The van der Waals surface area contributed by atoms with Crippen molar-refractivity contribution in [2.75, 3.05) is 13.7 Å². The lowest BCUT2D eigenvalue weighted by Gasteiger charge is -2.05. The van der Waals surface area contributed by atoms with E-state index in [-0.39, 0.29) is 17.9 Å². The average Bonchev–Trinajstić information content (AvgIpc) is 2.73. The molecular weight excluding hydrogens is 286 g/mol. The molecule has 0 spiro atoms. The van der Waals surface area contributed by atoms with Crippen molar-refractivity contribution < 1.29 is 14.6 Å². The maximum Gasteiger partial charge on any atom is 0.344 e. The number of hydrogen-bond acceptors (Lipinski definition) is 5. The topological polar surface area (TPSA) is 58.9 Å². The van der Waals surface area contributed by atoms with Crippen LogP contribution in [0.15, 0.2) is 40.6 Å². The minimum Gasteiger partial charge on any atom is -0.508 e. The Hall–Kier alpha value is -1.46. The minimum absolute atomic E-state index is 0.0609. The summed E-state index contributed by atoms with van der Waals surface area (Å²) in [4.78, 5) is 15.5. The summed E-state index contributed by atoms with van der Waals surface area (Å²) in [5.41, 5.74) is 1.23. The SMILES string of the molecule is CN=C(SCc1ccc(Cl)cc1)C1=C(O)COC1=O. The second-order valence-corrected chi connectivity index (χ2v) is 5.24. The van der Waals surface area contributed by atoms with Gasteiger partial charge in [0.25, 0.3) is 0 Å². The first-order valence-corrected chi connectivity index (χ1v) is 6.92. The molecule has 6 heteroatoms. The fourth-order valence-corrected chi connectivity index (χ4v) is 2.68. The number of benzene rings is 1. The number of halogens is 1. The number of carbonyl (C=O) groups excluding carboxylic acids is 1. The lowest BCUT2D eigenvalue weighted by atomic mass is 10.2. The minimum atomic E-state index is -0.526. The van der Waals surface area contributed by atoms with Crippen LogP contribution in [0.2, 0.25) is 5.02 Å². The Morgan fingerprint density at radius 3 is 2.68 bits per heavy atom. The molecule has 4 nitrogen and oxygen atoms in total. The number of hydrogen-bond donors (Lipinski definition) is 1. The lowest BCUT2D eigenvalue weighted by molar-refractivity contribution is -0.135. The van der Waals surface area contributed by atoms with Crippen LogP contribution in [0.3, 0.4) is 0 Å². The van der Waals surface area contributed by atoms with Crippen LogP contribution in [0.5, 0.6) is 0 Å². The molecule has 0 fully saturated rings. The highest BCUT2D eigenvalue weighted by atomic mass is 35.5. The summed E-state index contributed by atoms with van der Waals surface area (Å²) < 4.78 is 4.75. The van der Waals surface area contributed by atoms with Gasteiger partial charge in [-0.2, -0.15) is 0 Å². The van der Waals surface area contributed by atoms with Gasteiger partial charge in [-0.05, 0) is 17.7 Å². The van der Waals surface area contributed by atoms with Crippen LogP contribution >= 0.6 is 23.4 Å². The van der Waals surface area contributed by atoms with E-state index < -0.39 is 5.97 Å². The van der Waals surface area contributed by atoms with Crippen molar-refractivity contribution in [2.45, 2.75) is 5.75 Å². The first-order chi connectivity index (χ1) is 9.11. The van der Waals surface area contributed by atoms with Crippen molar-refractivity contribution in [2.24, 2.45) is 4.99 Å². The molecule has 19 heavy (non-hydrogen) atoms. The standard InChI is InChI=1S/C13H12ClNO3S/c1-15-12(11-10(16)6-18-13(11)17)19-7-8-2-4-9(14)5-3-8/h2-5,16H,6-7H2,1H3. The van der Waals surface area contributed by atoms with Crippen molar-refractivity contribution in [3.63, 3.8) is 0 Å². The molecular formula is C13H12ClNO3S. The fraction of sp³-hybridized carbons (Fsp3) is 0.231. The second-order valence-electron chi connectivity index (χ2n) is 3.84. The van der Waals surface area contributed by atoms with Crippen LogP contribution in [-0.4, -0.2) is 29.8 Å². The van der Waals surface area contributed by atoms with E-state index in [1.165, 1.54) is 11.8 Å². The number of cyclic esters (lactones) is 1. The van der Waals surface area contributed by atoms with Crippen LogP contribution in [0.1, 0.15) is 5.56 Å². The summed E-state index contributed by atoms with van der Waals surface area (Å²) in [6.45, 7) is -0.0747. The third-order valence-corrected chi connectivity index (χ3v) is 3.93. The van der Waals surface area contributed by atoms with Gasteiger partial charge in [0.1, 0.15) is 23.0 Å². The quantitative estimate of drug-likeness (QED) is 0.529. The molecule has 0 radical (unpaired) electrons. The van der Waals surface area contributed by atoms with E-state index in [1.807, 2.05) is 12.1 Å². The number of aliphatic hydroxyl groups excluding tert-OH is 1. The monoisotopic (exact) mass is 297 g/mol. The Morgan fingerprint density at radius 1 is 1.47 bits per heavy atom. The van der Waals surface area contributed by atoms with Gasteiger partial charge in [-0.15, -0.1) is 11.8 Å². The normalized spacial score (nSPS) is 15.9. The molecule has 0 bridgehead atoms. The molecule has 100 valence electrons. The van der Waals surface area contributed by atoms with E-state index in [9.17, 15) is 9.90 Å². The van der Waals surface area contributed by atoms with Crippen LogP contribution < -0.4 is 0 Å². The van der Waals surface area contributed by atoms with Crippen LogP contribution in [0, 0.1) is 0 Å². The zero-order chi connectivity index (χ0) is 13.8. The molecule has 0 aliphatic carbocycles. The first kappa shape index (κ1) is 14.0. The molecule has 1 aromatic carbocycles. The smallest absolute Gasteiger partial charge is 0.344 e. The molecule has 0 unspecified atom stereocenters. The van der Waals surface area contributed by atoms with Crippen molar-refractivity contribution in [3.05, 3.63) is 46.2 Å². The summed E-state index contributed by atoms with van der Waals surface area (Å²) in [5, 5.41) is 10.8. The summed E-state index contributed by atoms with van der Waals surface area (Å²) in [6.07, 6.45) is 0. The van der Waals surface area contributed by atoms with Gasteiger partial charge in [0.15, 0.2) is 0 Å². The molecule has 1 heterocycles. The highest BCUT2D eigenvalue weighted by Crippen LogP contribution is 2.25. The molecule has 2 rings (SSSR count). The zero-order valence-corrected chi connectivity index (χ0v) is 11.8. The van der Waals surface area contributed by atoms with Gasteiger partial charge in [-0.25, -0.2) is 4.79 Å². The van der Waals surface area contributed by atoms with Crippen LogP contribution in [0.4, 0.5) is 0 Å². The number of esters is 1. The molecule has 0 atom stereocenters. The Bertz CT molecular complexity index is 552. The van der Waals surface area contributed by atoms with Gasteiger partial charge in [0.05, 0.1) is 0 Å². The van der Waals surface area contributed by atoms with Crippen molar-refractivity contribution in [1.82, 2.24) is 0 Å². The molecule has 0 saturated heterocycles. The summed E-state index contributed by atoms with van der Waals surface area (Å²) in [5.74, 6) is 0.0457. The number of ether oxygens (including phenoxy) is 1. The Labute approximate surface area is 120 Å². The first-order valence-electron chi connectivity index (χ1n) is 5.55. The zero-order valence-electron chi connectivity index (χ0n) is 10.2. The van der Waals surface area contributed by atoms with Gasteiger partial charge in [0, 0.05) is 17.8 Å². The highest BCUT2D eigenvalue weighted by molar-refractivity contribution is 8.13. The summed E-state index contributed by atoms with van der Waals surface area (Å²) in [7, 11) is 1.58. The highest BCUT2D eigenvalue weighted by Gasteiger charge is 2.29. The van der Waals surface area contributed by atoms with E-state index >= 15 is 0 Å². The van der Waals surface area contributed by atoms with Gasteiger partial charge >= 0.3 is 5.97 Å². The third-order valence-electron chi connectivity index (χ3n) is 2.54. The molecule has 0 saturated carbocycles. The molecule has 1 aliphatic rings. The van der Waals surface area contributed by atoms with Crippen LogP contribution in [-0.2, 0) is 15.3 Å². The lowest BCUT2D eigenvalue weighted by Crippen LogP contribution is -2.08. The Morgan fingerprint density at radius 2 is 2.16 bits per heavy atom. The number of carbonyl (C=O) groups is 1. The predicted octanol–water partition coefficient (Wildman–Crippen LogP) is 2.97. The van der Waals surface area contributed by atoms with Gasteiger partial charge in [-0.3, -0.25) is 4.99 Å². The summed E-state index contributed by atoms with van der Waals surface area (Å²) in [6, 6.07) is 7.43. The Kier molecular flexibility index (Phi) is 4.50. The van der Waals surface area contributed by atoms with E-state index in [0.717, 1.165) is 5.56 Å². The van der Waals surface area contributed by atoms with Gasteiger partial charge in [-0.1, -0.05) is 23.7 Å². The average molecular weight is 298 g/mol. The van der Waals surface area contributed by atoms with E-state index in [0.29, 0.717) is 15.8 Å². The number of rotatable bonds is 3. The van der Waals surface area contributed by atoms with Gasteiger partial charge in [0.2, 0.25) is 0 Å². The molecule has 1 N–H and O–H groups in total. The van der Waals surface area contributed by atoms with E-state index in [2.05, 4.69) is 4.99 Å². The number of aliphatic hydroxyl groups is 1. The molecule has 1 aromatic rings.